The van der Waals surface area contributed by atoms with E-state index >= 15 is 0 Å². The van der Waals surface area contributed by atoms with Crippen LogP contribution in [0.4, 0.5) is 0 Å². The number of carboxylic acids is 2. The number of carboxylic acid groups (broad SMARTS) is 2. The van der Waals surface area contributed by atoms with Crippen LogP contribution >= 0.6 is 0 Å². The topological polar surface area (TPSA) is 114 Å². The van der Waals surface area contributed by atoms with Crippen LogP contribution < -0.4 is 10.2 Å². The first kappa shape index (κ1) is 34.8. The van der Waals surface area contributed by atoms with Gasteiger partial charge in [-0.3, -0.25) is 9.59 Å². The molecule has 6 nitrogen and oxygen atoms in total. The van der Waals surface area contributed by atoms with Gasteiger partial charge in [0.15, 0.2) is 0 Å². The standard InChI is InChI=1S/2C12H22O3.Zr/c2*1-5-9(6-2)10(13)12(7-3,8-4)11(14)15;/h2*9H,5-8H2,1-4H3,(H,14,15);/q;;+2/p-2. The maximum Gasteiger partial charge on any atom is 2.00 e. The van der Waals surface area contributed by atoms with Crippen LogP contribution in [0.15, 0.2) is 0 Å². The first-order valence-electron chi connectivity index (χ1n) is 11.5. The average Bonchev–Trinajstić information content (AvgIpc) is 2.72. The number of ketones is 2. The van der Waals surface area contributed by atoms with Gasteiger partial charge in [0, 0.05) is 11.8 Å². The molecule has 0 unspecified atom stereocenters. The van der Waals surface area contributed by atoms with Gasteiger partial charge in [-0.1, -0.05) is 55.4 Å². The average molecular weight is 518 g/mol. The third kappa shape index (κ3) is 8.22. The molecular weight excluding hydrogens is 475 g/mol. The minimum atomic E-state index is -1.27. The van der Waals surface area contributed by atoms with Crippen LogP contribution in [0.5, 0.6) is 0 Å². The molecule has 0 heterocycles. The van der Waals surface area contributed by atoms with Crippen molar-refractivity contribution in [3.63, 3.8) is 0 Å². The van der Waals surface area contributed by atoms with Gasteiger partial charge in [0.2, 0.25) is 0 Å². The molecule has 0 saturated carbocycles. The van der Waals surface area contributed by atoms with Gasteiger partial charge in [-0.25, -0.2) is 0 Å². The van der Waals surface area contributed by atoms with Gasteiger partial charge >= 0.3 is 26.2 Å². The van der Waals surface area contributed by atoms with E-state index in [0.29, 0.717) is 51.4 Å². The number of carbonyl (C=O) groups excluding carboxylic acids is 4. The van der Waals surface area contributed by atoms with Crippen molar-refractivity contribution in [2.75, 3.05) is 0 Å². The predicted molar refractivity (Wildman–Crippen MR) is 114 cm³/mol. The summed E-state index contributed by atoms with van der Waals surface area (Å²) in [6, 6.07) is 0. The van der Waals surface area contributed by atoms with E-state index in [1.807, 2.05) is 27.7 Å². The first-order valence-corrected chi connectivity index (χ1v) is 11.5. The second-order valence-corrected chi connectivity index (χ2v) is 7.91. The molecule has 0 amide bonds. The van der Waals surface area contributed by atoms with Gasteiger partial charge in [-0.15, -0.1) is 0 Å². The minimum absolute atomic E-state index is 0. The van der Waals surface area contributed by atoms with Crippen LogP contribution in [-0.2, 0) is 45.4 Å². The van der Waals surface area contributed by atoms with E-state index in [9.17, 15) is 29.4 Å². The van der Waals surface area contributed by atoms with E-state index in [4.69, 9.17) is 0 Å². The molecular formula is C24H42O6Zr. The van der Waals surface area contributed by atoms with Crippen molar-refractivity contribution >= 4 is 23.5 Å². The fourth-order valence-corrected chi connectivity index (χ4v) is 4.08. The SMILES string of the molecule is CCC(CC)C(=O)C(CC)(CC)C(=O)[O-].CCC(CC)C(=O)C(CC)(CC)C(=O)[O-].[Zr+2]. The molecule has 0 aromatic heterocycles. The van der Waals surface area contributed by atoms with Crippen LogP contribution in [0.2, 0.25) is 0 Å². The van der Waals surface area contributed by atoms with E-state index in [1.54, 1.807) is 27.7 Å². The summed E-state index contributed by atoms with van der Waals surface area (Å²) in [4.78, 5) is 46.5. The van der Waals surface area contributed by atoms with E-state index < -0.39 is 22.8 Å². The Kier molecular flexibility index (Phi) is 18.8. The smallest absolute Gasteiger partial charge is 0.549 e. The van der Waals surface area contributed by atoms with Gasteiger partial charge in [0.1, 0.15) is 11.6 Å². The van der Waals surface area contributed by atoms with Crippen molar-refractivity contribution in [1.82, 2.24) is 0 Å². The van der Waals surface area contributed by atoms with Crippen molar-refractivity contribution in [3.8, 4) is 0 Å². The Hall–Kier alpha value is -0.837. The third-order valence-electron chi connectivity index (χ3n) is 6.85. The molecule has 178 valence electrons. The van der Waals surface area contributed by atoms with E-state index in [1.165, 1.54) is 0 Å². The van der Waals surface area contributed by atoms with Crippen LogP contribution in [0.3, 0.4) is 0 Å². The van der Waals surface area contributed by atoms with Crippen LogP contribution in [0, 0.1) is 22.7 Å². The molecule has 0 spiro atoms. The monoisotopic (exact) mass is 516 g/mol. The first-order chi connectivity index (χ1) is 14.0. The molecule has 0 aromatic carbocycles. The van der Waals surface area contributed by atoms with Crippen molar-refractivity contribution in [1.29, 1.82) is 0 Å². The van der Waals surface area contributed by atoms with Gasteiger partial charge in [-0.2, -0.15) is 0 Å². The molecule has 0 aromatic rings. The molecule has 0 aliphatic rings. The fourth-order valence-electron chi connectivity index (χ4n) is 4.08. The summed E-state index contributed by atoms with van der Waals surface area (Å²) in [5.41, 5.74) is -2.53. The molecule has 0 N–H and O–H groups in total. The predicted octanol–water partition coefficient (Wildman–Crippen LogP) is 3.09. The Morgan fingerprint density at radius 1 is 0.548 bits per heavy atom. The molecule has 0 radical (unpaired) electrons. The van der Waals surface area contributed by atoms with Crippen LogP contribution in [0.25, 0.3) is 0 Å². The van der Waals surface area contributed by atoms with Crippen LogP contribution in [-0.4, -0.2) is 23.5 Å². The molecule has 0 atom stereocenters. The molecule has 0 fully saturated rings. The van der Waals surface area contributed by atoms with Crippen molar-refractivity contribution in [3.05, 3.63) is 0 Å². The second kappa shape index (κ2) is 16.7. The Morgan fingerprint density at radius 2 is 0.742 bits per heavy atom. The Morgan fingerprint density at radius 3 is 0.839 bits per heavy atom. The summed E-state index contributed by atoms with van der Waals surface area (Å²) in [5, 5.41) is 22.3. The minimum Gasteiger partial charge on any atom is -0.549 e. The summed E-state index contributed by atoms with van der Waals surface area (Å²) >= 11 is 0. The molecule has 0 saturated heterocycles. The zero-order valence-electron chi connectivity index (χ0n) is 20.8. The van der Waals surface area contributed by atoms with Gasteiger partial charge in [-0.05, 0) is 51.4 Å². The van der Waals surface area contributed by atoms with Crippen LogP contribution in [0.1, 0.15) is 107 Å². The number of carbonyl (C=O) groups is 4. The number of aliphatic carboxylic acids is 2. The quantitative estimate of drug-likeness (QED) is 0.327. The maximum atomic E-state index is 12.1. The van der Waals surface area contributed by atoms with E-state index in [2.05, 4.69) is 0 Å². The Labute approximate surface area is 208 Å². The van der Waals surface area contributed by atoms with Crippen molar-refractivity contribution < 1.29 is 55.6 Å². The fraction of sp³-hybridized carbons (Fsp3) is 0.833. The summed E-state index contributed by atoms with van der Waals surface area (Å²) in [5.74, 6) is -3.05. The summed E-state index contributed by atoms with van der Waals surface area (Å²) in [6.45, 7) is 14.6. The van der Waals surface area contributed by atoms with E-state index in [-0.39, 0.29) is 49.6 Å². The number of rotatable bonds is 14. The molecule has 0 aliphatic carbocycles. The van der Waals surface area contributed by atoms with Crippen molar-refractivity contribution in [2.45, 2.75) is 107 Å². The van der Waals surface area contributed by atoms with Gasteiger partial charge < -0.3 is 19.8 Å². The largest absolute Gasteiger partial charge is 2.00 e. The molecule has 31 heavy (non-hydrogen) atoms. The maximum absolute atomic E-state index is 12.1. The van der Waals surface area contributed by atoms with Gasteiger partial charge in [0.25, 0.3) is 0 Å². The zero-order chi connectivity index (χ0) is 24.1. The summed E-state index contributed by atoms with van der Waals surface area (Å²) in [6.07, 6.45) is 4.08. The number of hydrogen-bond acceptors (Lipinski definition) is 6. The Bertz CT molecular complexity index is 506. The second-order valence-electron chi connectivity index (χ2n) is 7.91. The molecule has 7 heteroatoms. The summed E-state index contributed by atoms with van der Waals surface area (Å²) < 4.78 is 0. The molecule has 0 aliphatic heterocycles. The summed E-state index contributed by atoms with van der Waals surface area (Å²) in [7, 11) is 0. The Balaban J connectivity index is -0.000000490. The zero-order valence-corrected chi connectivity index (χ0v) is 23.2. The van der Waals surface area contributed by atoms with Gasteiger partial charge in [0.05, 0.1) is 22.8 Å². The third-order valence-corrected chi connectivity index (χ3v) is 6.85. The van der Waals surface area contributed by atoms with Crippen molar-refractivity contribution in [2.24, 2.45) is 22.7 Å². The normalized spacial score (nSPS) is 11.4. The molecule has 0 rings (SSSR count). The molecule has 0 bridgehead atoms. The number of Topliss-reactive ketones (excluding diaryl/α,β-unsaturated/α-hetero) is 2. The number of hydrogen-bond donors (Lipinski definition) is 0. The van der Waals surface area contributed by atoms with E-state index in [0.717, 1.165) is 0 Å².